The molecule has 1 saturated carbocycles. The van der Waals surface area contributed by atoms with E-state index in [1.807, 2.05) is 19.1 Å². The van der Waals surface area contributed by atoms with Crippen molar-refractivity contribution in [1.29, 1.82) is 0 Å². The first kappa shape index (κ1) is 21.3. The zero-order chi connectivity index (χ0) is 21.8. The minimum absolute atomic E-state index is 0.0120. The molecule has 1 aromatic carbocycles. The van der Waals surface area contributed by atoms with Gasteiger partial charge in [0.05, 0.1) is 18.3 Å². The third-order valence-corrected chi connectivity index (χ3v) is 6.38. The molecule has 2 fully saturated rings. The van der Waals surface area contributed by atoms with E-state index in [1.165, 1.54) is 0 Å². The number of aromatic nitrogens is 1. The van der Waals surface area contributed by atoms with Crippen molar-refractivity contribution < 1.29 is 14.7 Å². The van der Waals surface area contributed by atoms with Gasteiger partial charge < -0.3 is 15.7 Å². The average molecular weight is 423 g/mol. The Bertz CT molecular complexity index is 934. The highest BCUT2D eigenvalue weighted by Crippen LogP contribution is 2.38. The zero-order valence-corrected chi connectivity index (χ0v) is 17.9. The van der Waals surface area contributed by atoms with E-state index in [0.29, 0.717) is 23.3 Å². The van der Waals surface area contributed by atoms with Crippen LogP contribution in [0.15, 0.2) is 42.6 Å². The summed E-state index contributed by atoms with van der Waals surface area (Å²) >= 11 is 0. The Morgan fingerprint density at radius 1 is 1.13 bits per heavy atom. The fourth-order valence-corrected chi connectivity index (χ4v) is 4.67. The molecule has 1 saturated heterocycles. The smallest absolute Gasteiger partial charge is 0.251 e. The van der Waals surface area contributed by atoms with Crippen molar-refractivity contribution in [3.8, 4) is 5.75 Å². The van der Waals surface area contributed by atoms with E-state index in [1.54, 1.807) is 30.5 Å². The molecule has 1 aromatic heterocycles. The van der Waals surface area contributed by atoms with Crippen molar-refractivity contribution in [3.63, 3.8) is 0 Å². The molecule has 3 N–H and O–H groups in total. The molecule has 7 nitrogen and oxygen atoms in total. The summed E-state index contributed by atoms with van der Waals surface area (Å²) in [5.41, 5.74) is 2.40. The molecular formula is C24H30N4O3. The van der Waals surface area contributed by atoms with Gasteiger partial charge in [0.2, 0.25) is 5.91 Å². The maximum Gasteiger partial charge on any atom is 0.251 e. The van der Waals surface area contributed by atoms with Crippen LogP contribution in [0.2, 0.25) is 0 Å². The molecule has 2 aliphatic rings. The highest BCUT2D eigenvalue weighted by molar-refractivity contribution is 5.96. The van der Waals surface area contributed by atoms with Crippen molar-refractivity contribution in [2.24, 2.45) is 0 Å². The van der Waals surface area contributed by atoms with Gasteiger partial charge in [-0.15, -0.1) is 0 Å². The van der Waals surface area contributed by atoms with Crippen molar-refractivity contribution in [1.82, 2.24) is 20.5 Å². The fourth-order valence-electron chi connectivity index (χ4n) is 4.67. The number of aryl methyl sites for hydroxylation is 1. The second-order valence-corrected chi connectivity index (χ2v) is 8.68. The van der Waals surface area contributed by atoms with Gasteiger partial charge in [-0.3, -0.25) is 19.5 Å². The van der Waals surface area contributed by atoms with Crippen LogP contribution in [0, 0.1) is 6.92 Å². The van der Waals surface area contributed by atoms with Gasteiger partial charge in [-0.2, -0.15) is 0 Å². The quantitative estimate of drug-likeness (QED) is 0.664. The van der Waals surface area contributed by atoms with E-state index in [2.05, 4.69) is 20.5 Å². The number of benzene rings is 1. The zero-order valence-electron chi connectivity index (χ0n) is 17.9. The molecule has 0 unspecified atom stereocenters. The van der Waals surface area contributed by atoms with Crippen LogP contribution in [0.3, 0.4) is 0 Å². The Kier molecular flexibility index (Phi) is 6.51. The van der Waals surface area contributed by atoms with E-state index in [-0.39, 0.29) is 24.4 Å². The summed E-state index contributed by atoms with van der Waals surface area (Å²) < 4.78 is 0. The molecule has 4 rings (SSSR count). The second-order valence-electron chi connectivity index (χ2n) is 8.68. The van der Waals surface area contributed by atoms with Gasteiger partial charge >= 0.3 is 0 Å². The normalized spacial score (nSPS) is 21.8. The monoisotopic (exact) mass is 422 g/mol. The maximum atomic E-state index is 12.2. The fraction of sp³-hybridized carbons (Fsp3) is 0.458. The second kappa shape index (κ2) is 9.47. The minimum atomic E-state index is -0.232. The van der Waals surface area contributed by atoms with Crippen LogP contribution in [0.1, 0.15) is 53.2 Å². The predicted molar refractivity (Wildman–Crippen MR) is 118 cm³/mol. The average Bonchev–Trinajstić information content (AvgIpc) is 2.75. The number of pyridine rings is 1. The first-order valence-corrected chi connectivity index (χ1v) is 11.0. The van der Waals surface area contributed by atoms with E-state index in [0.717, 1.165) is 50.0 Å². The summed E-state index contributed by atoms with van der Waals surface area (Å²) in [6, 6.07) is 11.4. The molecule has 2 aromatic rings. The molecule has 7 heteroatoms. The van der Waals surface area contributed by atoms with E-state index in [4.69, 9.17) is 0 Å². The number of nitrogens with one attached hydrogen (secondary N) is 2. The Balaban J connectivity index is 1.15. The molecular weight excluding hydrogens is 392 g/mol. The molecule has 0 bridgehead atoms. The number of hydrogen-bond acceptors (Lipinski definition) is 5. The van der Waals surface area contributed by atoms with Crippen LogP contribution in [0.4, 0.5) is 0 Å². The minimum Gasteiger partial charge on any atom is -0.506 e. The topological polar surface area (TPSA) is 94.6 Å². The Hall–Kier alpha value is -2.93. The first-order chi connectivity index (χ1) is 15.0. The van der Waals surface area contributed by atoms with Crippen LogP contribution in [0.5, 0.6) is 5.75 Å². The Labute approximate surface area is 182 Å². The summed E-state index contributed by atoms with van der Waals surface area (Å²) in [6.45, 7) is 3.62. The standard InChI is InChI=1S/C24H30N4O3/c1-16-4-2-5-18(12-16)24(31)26-13-22(30)27-19-14-28(15-19)20-9-7-17(8-10-20)23-21(29)6-3-11-25-23/h2-6,11-12,17,19-20,29H,7-10,13-15H2,1H3,(H,26,31)(H,27,30). The molecule has 2 heterocycles. The Morgan fingerprint density at radius 3 is 2.61 bits per heavy atom. The summed E-state index contributed by atoms with van der Waals surface area (Å²) in [5.74, 6) is 0.239. The first-order valence-electron chi connectivity index (χ1n) is 11.0. The highest BCUT2D eigenvalue weighted by atomic mass is 16.3. The lowest BCUT2D eigenvalue weighted by Crippen LogP contribution is -2.63. The molecule has 1 aliphatic heterocycles. The number of carbonyl (C=O) groups is 2. The van der Waals surface area contributed by atoms with Crippen LogP contribution in [0.25, 0.3) is 0 Å². The molecule has 164 valence electrons. The molecule has 0 atom stereocenters. The molecule has 31 heavy (non-hydrogen) atoms. The number of hydrogen-bond donors (Lipinski definition) is 3. The number of rotatable bonds is 6. The molecule has 0 spiro atoms. The van der Waals surface area contributed by atoms with Gasteiger partial charge in [0.15, 0.2) is 0 Å². The van der Waals surface area contributed by atoms with Crippen molar-refractivity contribution in [2.45, 2.75) is 50.6 Å². The third-order valence-electron chi connectivity index (χ3n) is 6.38. The molecule has 1 aliphatic carbocycles. The highest BCUT2D eigenvalue weighted by Gasteiger charge is 2.36. The molecule has 0 radical (unpaired) electrons. The van der Waals surface area contributed by atoms with Crippen molar-refractivity contribution >= 4 is 11.8 Å². The van der Waals surface area contributed by atoms with Crippen LogP contribution >= 0.6 is 0 Å². The molecule has 2 amide bonds. The van der Waals surface area contributed by atoms with Gasteiger partial charge in [0.25, 0.3) is 5.91 Å². The maximum absolute atomic E-state index is 12.2. The predicted octanol–water partition coefficient (Wildman–Crippen LogP) is 2.35. The van der Waals surface area contributed by atoms with Crippen LogP contribution in [-0.4, -0.2) is 58.5 Å². The Morgan fingerprint density at radius 2 is 1.90 bits per heavy atom. The largest absolute Gasteiger partial charge is 0.506 e. The van der Waals surface area contributed by atoms with Gasteiger partial charge in [-0.25, -0.2) is 0 Å². The lowest BCUT2D eigenvalue weighted by Gasteiger charge is -2.46. The lowest BCUT2D eigenvalue weighted by atomic mass is 9.82. The lowest BCUT2D eigenvalue weighted by molar-refractivity contribution is -0.122. The number of amides is 2. The SMILES string of the molecule is Cc1cccc(C(=O)NCC(=O)NC2CN(C3CCC(c4ncccc4O)CC3)C2)c1. The van der Waals surface area contributed by atoms with E-state index < -0.39 is 0 Å². The van der Waals surface area contributed by atoms with E-state index >= 15 is 0 Å². The summed E-state index contributed by atoms with van der Waals surface area (Å²) in [4.78, 5) is 31.1. The number of nitrogens with zero attached hydrogens (tertiary/aromatic N) is 2. The number of likely N-dealkylation sites (tertiary alicyclic amines) is 1. The van der Waals surface area contributed by atoms with Crippen molar-refractivity contribution in [3.05, 3.63) is 59.4 Å². The van der Waals surface area contributed by atoms with Gasteiger partial charge in [-0.1, -0.05) is 17.7 Å². The summed E-state index contributed by atoms with van der Waals surface area (Å²) in [7, 11) is 0. The number of aromatic hydroxyl groups is 1. The van der Waals surface area contributed by atoms with E-state index in [9.17, 15) is 14.7 Å². The van der Waals surface area contributed by atoms with Gasteiger partial charge in [0.1, 0.15) is 5.75 Å². The van der Waals surface area contributed by atoms with Crippen LogP contribution in [-0.2, 0) is 4.79 Å². The van der Waals surface area contributed by atoms with Gasteiger partial charge in [-0.05, 0) is 56.9 Å². The number of carbonyl (C=O) groups excluding carboxylic acids is 2. The third kappa shape index (κ3) is 5.22. The van der Waals surface area contributed by atoms with Gasteiger partial charge in [0, 0.05) is 36.8 Å². The summed E-state index contributed by atoms with van der Waals surface area (Å²) in [5, 5.41) is 15.7. The summed E-state index contributed by atoms with van der Waals surface area (Å²) in [6.07, 6.45) is 5.94. The van der Waals surface area contributed by atoms with Crippen LogP contribution < -0.4 is 10.6 Å². The van der Waals surface area contributed by atoms with Crippen molar-refractivity contribution in [2.75, 3.05) is 19.6 Å².